The van der Waals surface area contributed by atoms with Gasteiger partial charge in [-0.05, 0) is 33.4 Å². The van der Waals surface area contributed by atoms with Crippen LogP contribution in [0.15, 0.2) is 0 Å². The van der Waals surface area contributed by atoms with Crippen molar-refractivity contribution in [3.8, 4) is 0 Å². The van der Waals surface area contributed by atoms with Gasteiger partial charge in [-0.25, -0.2) is 0 Å². The second-order valence-corrected chi connectivity index (χ2v) is 3.73. The van der Waals surface area contributed by atoms with Crippen molar-refractivity contribution in [3.63, 3.8) is 0 Å². The summed E-state index contributed by atoms with van der Waals surface area (Å²) in [6, 6.07) is 0.771. The second kappa shape index (κ2) is 4.24. The molecule has 2 unspecified atom stereocenters. The van der Waals surface area contributed by atoms with Crippen LogP contribution in [0.1, 0.15) is 34.1 Å². The molecule has 1 heterocycles. The Morgan fingerprint density at radius 2 is 1.83 bits per heavy atom. The lowest BCUT2D eigenvalue weighted by Gasteiger charge is -2.45. The quantitative estimate of drug-likeness (QED) is 0.623. The predicted molar refractivity (Wildman–Crippen MR) is 53.2 cm³/mol. The van der Waals surface area contributed by atoms with Gasteiger partial charge in [-0.3, -0.25) is 9.80 Å². The molecule has 0 aromatic rings. The fraction of sp³-hybridized carbons (Fsp3) is 1.00. The van der Waals surface area contributed by atoms with E-state index in [1.54, 1.807) is 0 Å². The Balaban J connectivity index is 2.56. The molecular weight excluding hydrogens is 148 g/mol. The molecule has 1 fully saturated rings. The molecule has 0 bridgehead atoms. The van der Waals surface area contributed by atoms with Crippen molar-refractivity contribution in [2.75, 3.05) is 19.6 Å². The van der Waals surface area contributed by atoms with Gasteiger partial charge < -0.3 is 0 Å². The van der Waals surface area contributed by atoms with E-state index in [2.05, 4.69) is 37.5 Å². The van der Waals surface area contributed by atoms with Crippen LogP contribution in [-0.4, -0.2) is 41.6 Å². The molecule has 0 N–H and O–H groups in total. The van der Waals surface area contributed by atoms with Crippen LogP contribution in [0.25, 0.3) is 0 Å². The van der Waals surface area contributed by atoms with Crippen LogP contribution in [0, 0.1) is 0 Å². The zero-order chi connectivity index (χ0) is 9.14. The number of hydrogen-bond acceptors (Lipinski definition) is 2. The standard InChI is InChI=1S/C10H22N2/c1-5-11-8-7-9(3)12(6-2)10(11)4/h9-10H,5-8H2,1-4H3. The molecule has 72 valence electrons. The largest absolute Gasteiger partial charge is 0.288 e. The van der Waals surface area contributed by atoms with Crippen molar-refractivity contribution in [3.05, 3.63) is 0 Å². The summed E-state index contributed by atoms with van der Waals surface area (Å²) in [4.78, 5) is 5.12. The van der Waals surface area contributed by atoms with Crippen molar-refractivity contribution in [1.29, 1.82) is 0 Å². The van der Waals surface area contributed by atoms with Crippen molar-refractivity contribution < 1.29 is 0 Å². The van der Waals surface area contributed by atoms with Gasteiger partial charge in [0.25, 0.3) is 0 Å². The first-order valence-corrected chi connectivity index (χ1v) is 5.20. The Hall–Kier alpha value is -0.0800. The summed E-state index contributed by atoms with van der Waals surface area (Å²) in [5.41, 5.74) is 0. The summed E-state index contributed by atoms with van der Waals surface area (Å²) in [6.45, 7) is 12.8. The Morgan fingerprint density at radius 3 is 2.33 bits per heavy atom. The highest BCUT2D eigenvalue weighted by Gasteiger charge is 2.27. The van der Waals surface area contributed by atoms with Crippen LogP contribution in [0.5, 0.6) is 0 Å². The number of hydrogen-bond donors (Lipinski definition) is 0. The lowest BCUT2D eigenvalue weighted by Crippen LogP contribution is -2.55. The van der Waals surface area contributed by atoms with Crippen LogP contribution in [0.3, 0.4) is 0 Å². The molecule has 0 aliphatic carbocycles. The van der Waals surface area contributed by atoms with E-state index >= 15 is 0 Å². The van der Waals surface area contributed by atoms with E-state index in [9.17, 15) is 0 Å². The fourth-order valence-corrected chi connectivity index (χ4v) is 2.28. The minimum Gasteiger partial charge on any atom is -0.288 e. The van der Waals surface area contributed by atoms with Crippen molar-refractivity contribution in [2.24, 2.45) is 0 Å². The van der Waals surface area contributed by atoms with Crippen LogP contribution < -0.4 is 0 Å². The second-order valence-electron chi connectivity index (χ2n) is 3.73. The average Bonchev–Trinajstić information content (AvgIpc) is 2.06. The van der Waals surface area contributed by atoms with Gasteiger partial charge in [0.15, 0.2) is 0 Å². The van der Waals surface area contributed by atoms with Gasteiger partial charge in [-0.15, -0.1) is 0 Å². The molecule has 0 aromatic heterocycles. The molecule has 0 radical (unpaired) electrons. The molecule has 2 atom stereocenters. The van der Waals surface area contributed by atoms with Crippen LogP contribution in [0.4, 0.5) is 0 Å². The lowest BCUT2D eigenvalue weighted by atomic mass is 10.1. The molecular formula is C10H22N2. The minimum absolute atomic E-state index is 0.642. The minimum atomic E-state index is 0.642. The summed E-state index contributed by atoms with van der Waals surface area (Å²) in [6.07, 6.45) is 1.97. The predicted octanol–water partition coefficient (Wildman–Crippen LogP) is 1.77. The molecule has 1 aliphatic rings. The first-order valence-electron chi connectivity index (χ1n) is 5.20. The van der Waals surface area contributed by atoms with E-state index in [1.165, 1.54) is 26.1 Å². The fourth-order valence-electron chi connectivity index (χ4n) is 2.28. The third-order valence-corrected chi connectivity index (χ3v) is 3.18. The maximum atomic E-state index is 2.58. The molecule has 0 amide bonds. The van der Waals surface area contributed by atoms with E-state index in [4.69, 9.17) is 0 Å². The topological polar surface area (TPSA) is 6.48 Å². The van der Waals surface area contributed by atoms with E-state index in [0.29, 0.717) is 6.17 Å². The van der Waals surface area contributed by atoms with E-state index in [0.717, 1.165) is 6.04 Å². The zero-order valence-corrected chi connectivity index (χ0v) is 8.88. The first kappa shape index (κ1) is 10.0. The van der Waals surface area contributed by atoms with Gasteiger partial charge >= 0.3 is 0 Å². The van der Waals surface area contributed by atoms with E-state index < -0.39 is 0 Å². The molecule has 1 saturated heterocycles. The van der Waals surface area contributed by atoms with Gasteiger partial charge in [-0.2, -0.15) is 0 Å². The lowest BCUT2D eigenvalue weighted by molar-refractivity contribution is -0.0107. The smallest absolute Gasteiger partial charge is 0.0595 e. The van der Waals surface area contributed by atoms with Crippen molar-refractivity contribution >= 4 is 0 Å². The van der Waals surface area contributed by atoms with Crippen LogP contribution >= 0.6 is 0 Å². The van der Waals surface area contributed by atoms with Gasteiger partial charge in [0.2, 0.25) is 0 Å². The van der Waals surface area contributed by atoms with Gasteiger partial charge in [0.1, 0.15) is 0 Å². The van der Waals surface area contributed by atoms with Crippen LogP contribution in [0.2, 0.25) is 0 Å². The highest BCUT2D eigenvalue weighted by atomic mass is 15.4. The summed E-state index contributed by atoms with van der Waals surface area (Å²) < 4.78 is 0. The Labute approximate surface area is 76.5 Å². The average molecular weight is 170 g/mol. The number of nitrogens with zero attached hydrogens (tertiary/aromatic N) is 2. The molecule has 12 heavy (non-hydrogen) atoms. The first-order chi connectivity index (χ1) is 5.70. The third kappa shape index (κ3) is 1.80. The Morgan fingerprint density at radius 1 is 1.17 bits per heavy atom. The Bertz CT molecular complexity index is 136. The summed E-state index contributed by atoms with van der Waals surface area (Å²) in [7, 11) is 0. The Kier molecular flexibility index (Phi) is 3.53. The van der Waals surface area contributed by atoms with Gasteiger partial charge in [0, 0.05) is 12.6 Å². The van der Waals surface area contributed by atoms with E-state index in [1.807, 2.05) is 0 Å². The highest BCUT2D eigenvalue weighted by Crippen LogP contribution is 2.18. The van der Waals surface area contributed by atoms with Crippen molar-refractivity contribution in [1.82, 2.24) is 9.80 Å². The SMILES string of the molecule is CCN1CCC(C)N(CC)C1C. The van der Waals surface area contributed by atoms with Crippen LogP contribution in [-0.2, 0) is 0 Å². The molecule has 2 heteroatoms. The molecule has 2 nitrogen and oxygen atoms in total. The summed E-state index contributed by atoms with van der Waals surface area (Å²) in [5.74, 6) is 0. The van der Waals surface area contributed by atoms with Crippen molar-refractivity contribution in [2.45, 2.75) is 46.3 Å². The molecule has 0 spiro atoms. The summed E-state index contributed by atoms with van der Waals surface area (Å²) >= 11 is 0. The third-order valence-electron chi connectivity index (χ3n) is 3.18. The molecule has 0 saturated carbocycles. The molecule has 1 aliphatic heterocycles. The monoisotopic (exact) mass is 170 g/mol. The maximum absolute atomic E-state index is 2.58. The summed E-state index contributed by atoms with van der Waals surface area (Å²) in [5, 5.41) is 0. The van der Waals surface area contributed by atoms with Gasteiger partial charge in [0.05, 0.1) is 6.17 Å². The number of rotatable bonds is 2. The zero-order valence-electron chi connectivity index (χ0n) is 8.88. The molecule has 1 rings (SSSR count). The van der Waals surface area contributed by atoms with Gasteiger partial charge in [-0.1, -0.05) is 13.8 Å². The molecule has 0 aromatic carbocycles. The van der Waals surface area contributed by atoms with E-state index in [-0.39, 0.29) is 0 Å². The maximum Gasteiger partial charge on any atom is 0.0595 e. The normalized spacial score (nSPS) is 34.0. The highest BCUT2D eigenvalue weighted by molar-refractivity contribution is 4.79.